The highest BCUT2D eigenvalue weighted by Crippen LogP contribution is 2.30. The van der Waals surface area contributed by atoms with Gasteiger partial charge in [0.15, 0.2) is 0 Å². The van der Waals surface area contributed by atoms with E-state index in [1.54, 1.807) is 18.2 Å². The minimum atomic E-state index is -1.24. The fourth-order valence-electron chi connectivity index (χ4n) is 3.68. The molecule has 0 aliphatic rings. The summed E-state index contributed by atoms with van der Waals surface area (Å²) in [5.74, 6) is -1.24. The predicted octanol–water partition coefficient (Wildman–Crippen LogP) is 5.59. The van der Waals surface area contributed by atoms with E-state index in [0.29, 0.717) is 5.56 Å². The molecule has 0 spiro atoms. The number of para-hydroxylation sites is 1. The average Bonchev–Trinajstić information content (AvgIpc) is 2.81. The highest BCUT2D eigenvalue weighted by molar-refractivity contribution is 6.07. The van der Waals surface area contributed by atoms with Crippen LogP contribution in [-0.4, -0.2) is 21.0 Å². The molecule has 0 saturated carbocycles. The number of nitrogens with zero attached hydrogens (tertiary/aromatic N) is 3. The Hall–Kier alpha value is -4.56. The largest absolute Gasteiger partial charge is 0.477 e. The van der Waals surface area contributed by atoms with E-state index in [4.69, 9.17) is 15.4 Å². The Morgan fingerprint density at radius 2 is 1.68 bits per heavy atom. The van der Waals surface area contributed by atoms with E-state index in [2.05, 4.69) is 17.1 Å². The van der Waals surface area contributed by atoms with Gasteiger partial charge in [-0.05, 0) is 47.0 Å². The third-order valence-electron chi connectivity index (χ3n) is 5.25. The number of fused-ring (bicyclic) bond motifs is 4. The predicted molar refractivity (Wildman–Crippen MR) is 121 cm³/mol. The van der Waals surface area contributed by atoms with Gasteiger partial charge in [-0.15, -0.1) is 0 Å². The van der Waals surface area contributed by atoms with Crippen LogP contribution in [0.3, 0.4) is 0 Å². The van der Waals surface area contributed by atoms with Crippen LogP contribution in [0.1, 0.15) is 5.56 Å². The van der Waals surface area contributed by atoms with Crippen molar-refractivity contribution in [1.29, 1.82) is 5.26 Å². The highest BCUT2D eigenvalue weighted by Gasteiger charge is 2.09. The first kappa shape index (κ1) is 18.5. The van der Waals surface area contributed by atoms with E-state index in [-0.39, 0.29) is 5.57 Å². The smallest absolute Gasteiger partial charge is 0.346 e. The third kappa shape index (κ3) is 3.37. The number of carboxylic acid groups (broad SMARTS) is 1. The maximum atomic E-state index is 11.0. The second-order valence-corrected chi connectivity index (χ2v) is 7.21. The van der Waals surface area contributed by atoms with Crippen LogP contribution in [0.4, 0.5) is 0 Å². The number of benzene rings is 3. The van der Waals surface area contributed by atoms with Crippen molar-refractivity contribution < 1.29 is 9.90 Å². The van der Waals surface area contributed by atoms with Crippen LogP contribution in [0.15, 0.2) is 84.6 Å². The van der Waals surface area contributed by atoms with Gasteiger partial charge < -0.3 is 5.11 Å². The number of hydrogen-bond donors (Lipinski definition) is 1. The van der Waals surface area contributed by atoms with Gasteiger partial charge in [-0.3, -0.25) is 4.98 Å². The summed E-state index contributed by atoms with van der Waals surface area (Å²) in [6, 6.07) is 25.3. The van der Waals surface area contributed by atoms with Gasteiger partial charge in [-0.25, -0.2) is 9.78 Å². The van der Waals surface area contributed by atoms with Gasteiger partial charge in [0.25, 0.3) is 0 Å². The van der Waals surface area contributed by atoms with Gasteiger partial charge in [0.1, 0.15) is 11.6 Å². The number of rotatable bonds is 3. The van der Waals surface area contributed by atoms with Crippen molar-refractivity contribution in [2.75, 3.05) is 0 Å². The molecule has 5 aromatic rings. The van der Waals surface area contributed by atoms with Gasteiger partial charge in [0, 0.05) is 22.4 Å². The quantitative estimate of drug-likeness (QED) is 0.184. The lowest BCUT2D eigenvalue weighted by molar-refractivity contribution is -0.132. The number of hydrogen-bond acceptors (Lipinski definition) is 4. The maximum absolute atomic E-state index is 11.0. The summed E-state index contributed by atoms with van der Waals surface area (Å²) in [6.45, 7) is 0. The molecule has 1 N–H and O–H groups in total. The molecule has 5 nitrogen and oxygen atoms in total. The summed E-state index contributed by atoms with van der Waals surface area (Å²) in [7, 11) is 0. The van der Waals surface area contributed by atoms with Crippen molar-refractivity contribution in [2.45, 2.75) is 0 Å². The molecule has 5 rings (SSSR count). The molecule has 31 heavy (non-hydrogen) atoms. The van der Waals surface area contributed by atoms with Crippen LogP contribution in [0, 0.1) is 11.3 Å². The minimum Gasteiger partial charge on any atom is -0.477 e. The third-order valence-corrected chi connectivity index (χ3v) is 5.25. The molecule has 3 aromatic carbocycles. The maximum Gasteiger partial charge on any atom is 0.346 e. The summed E-state index contributed by atoms with van der Waals surface area (Å²) in [6.07, 6.45) is 3.21. The Labute approximate surface area is 177 Å². The molecule has 2 aromatic heterocycles. The highest BCUT2D eigenvalue weighted by atomic mass is 16.4. The van der Waals surface area contributed by atoms with E-state index < -0.39 is 5.97 Å². The molecular formula is C26H15N3O2. The molecule has 146 valence electrons. The lowest BCUT2D eigenvalue weighted by atomic mass is 10.00. The van der Waals surface area contributed by atoms with E-state index in [1.807, 2.05) is 54.7 Å². The molecule has 0 aliphatic heterocycles. The number of nitriles is 1. The van der Waals surface area contributed by atoms with Crippen molar-refractivity contribution >= 4 is 44.8 Å². The van der Waals surface area contributed by atoms with Crippen LogP contribution < -0.4 is 0 Å². The van der Waals surface area contributed by atoms with E-state index >= 15 is 0 Å². The zero-order valence-electron chi connectivity index (χ0n) is 16.3. The Kier molecular flexibility index (Phi) is 4.38. The first-order valence-corrected chi connectivity index (χ1v) is 9.66. The normalized spacial score (nSPS) is 11.6. The van der Waals surface area contributed by atoms with E-state index in [0.717, 1.165) is 43.8 Å². The van der Waals surface area contributed by atoms with Gasteiger partial charge in [0.05, 0.1) is 16.6 Å². The Morgan fingerprint density at radius 1 is 0.903 bits per heavy atom. The van der Waals surface area contributed by atoms with Crippen molar-refractivity contribution in [3.05, 3.63) is 90.1 Å². The average molecular weight is 401 g/mol. The Balaban J connectivity index is 1.62. The van der Waals surface area contributed by atoms with E-state index in [1.165, 1.54) is 6.08 Å². The fourth-order valence-corrected chi connectivity index (χ4v) is 3.68. The zero-order valence-corrected chi connectivity index (χ0v) is 16.3. The number of carbonyl (C=O) groups is 1. The Bertz CT molecular complexity index is 1560. The molecule has 5 heteroatoms. The lowest BCUT2D eigenvalue weighted by Crippen LogP contribution is -1.97. The molecule has 0 unspecified atom stereocenters. The summed E-state index contributed by atoms with van der Waals surface area (Å²) in [5.41, 5.74) is 5.06. The number of aliphatic carboxylic acids is 1. The summed E-state index contributed by atoms with van der Waals surface area (Å²) < 4.78 is 0. The summed E-state index contributed by atoms with van der Waals surface area (Å²) in [4.78, 5) is 20.5. The van der Waals surface area contributed by atoms with Crippen molar-refractivity contribution in [1.82, 2.24) is 9.97 Å². The molecule has 0 bridgehead atoms. The Morgan fingerprint density at radius 3 is 2.45 bits per heavy atom. The van der Waals surface area contributed by atoms with Crippen LogP contribution in [0.2, 0.25) is 0 Å². The van der Waals surface area contributed by atoms with Crippen molar-refractivity contribution in [3.8, 4) is 17.2 Å². The topological polar surface area (TPSA) is 86.9 Å². The first-order valence-electron chi connectivity index (χ1n) is 9.66. The van der Waals surface area contributed by atoms with Crippen LogP contribution in [-0.2, 0) is 4.79 Å². The standard InChI is InChI=1S/C26H15N3O2/c27-14-20(26(30)31)11-16-5-7-17(8-6-16)18-9-10-24-22(13-18)25-21(15-28-24)12-19-3-1-2-4-23(19)29-25/h1-13,15H,(H,30,31)/b20-11+. The molecule has 0 fully saturated rings. The molecule has 0 saturated heterocycles. The molecule has 0 radical (unpaired) electrons. The van der Waals surface area contributed by atoms with Gasteiger partial charge in [0.2, 0.25) is 0 Å². The molecular weight excluding hydrogens is 386 g/mol. The van der Waals surface area contributed by atoms with Gasteiger partial charge in [-0.1, -0.05) is 48.5 Å². The van der Waals surface area contributed by atoms with Gasteiger partial charge >= 0.3 is 5.97 Å². The summed E-state index contributed by atoms with van der Waals surface area (Å²) in [5, 5.41) is 21.0. The monoisotopic (exact) mass is 401 g/mol. The van der Waals surface area contributed by atoms with E-state index in [9.17, 15) is 4.79 Å². The van der Waals surface area contributed by atoms with Crippen LogP contribution in [0.25, 0.3) is 49.9 Å². The van der Waals surface area contributed by atoms with Crippen molar-refractivity contribution in [3.63, 3.8) is 0 Å². The zero-order chi connectivity index (χ0) is 21.4. The number of aromatic nitrogens is 2. The van der Waals surface area contributed by atoms with Crippen LogP contribution in [0.5, 0.6) is 0 Å². The molecule has 0 atom stereocenters. The second kappa shape index (κ2) is 7.36. The first-order chi connectivity index (χ1) is 15.1. The van der Waals surface area contributed by atoms with Crippen molar-refractivity contribution in [2.24, 2.45) is 0 Å². The number of carboxylic acids is 1. The second-order valence-electron chi connectivity index (χ2n) is 7.21. The summed E-state index contributed by atoms with van der Waals surface area (Å²) >= 11 is 0. The molecule has 0 amide bonds. The number of pyridine rings is 2. The fraction of sp³-hybridized carbons (Fsp3) is 0. The molecule has 0 aliphatic carbocycles. The lowest BCUT2D eigenvalue weighted by Gasteiger charge is -2.08. The SMILES string of the molecule is N#C/C(=C\c1ccc(-c2ccc3ncc4cc5ccccc5nc4c3c2)cc1)C(=O)O. The van der Waals surface area contributed by atoms with Gasteiger partial charge in [-0.2, -0.15) is 5.26 Å². The molecule has 2 heterocycles. The minimum absolute atomic E-state index is 0.297. The van der Waals surface area contributed by atoms with Crippen LogP contribution >= 0.6 is 0 Å².